The smallest absolute Gasteiger partial charge is 0.0281 e. The first-order valence-electron chi connectivity index (χ1n) is 36.0. The van der Waals surface area contributed by atoms with Crippen LogP contribution in [-0.4, -0.2) is 305 Å². The van der Waals surface area contributed by atoms with Crippen LogP contribution in [0.1, 0.15) is 178 Å². The van der Waals surface area contributed by atoms with Crippen molar-refractivity contribution in [3.8, 4) is 0 Å². The van der Waals surface area contributed by atoms with E-state index in [9.17, 15) is 0 Å². The summed E-state index contributed by atoms with van der Waals surface area (Å²) in [4.78, 5) is 17.5. The largest absolute Gasteiger partial charge is 0.328 e. The highest BCUT2D eigenvalue weighted by atomic mass is 15.3. The van der Waals surface area contributed by atoms with E-state index in [0.717, 1.165) is 196 Å². The Balaban J connectivity index is 0.000000525. The molecule has 90 heavy (non-hydrogen) atoms. The molecule has 0 radical (unpaired) electrons. The van der Waals surface area contributed by atoms with Gasteiger partial charge in [-0.25, -0.2) is 0 Å². The first-order valence-corrected chi connectivity index (χ1v) is 36.0. The van der Waals surface area contributed by atoms with Crippen LogP contribution in [0.4, 0.5) is 0 Å². The van der Waals surface area contributed by atoms with Gasteiger partial charge in [0.1, 0.15) is 0 Å². The number of nitrogens with two attached hydrogens (primary N) is 6. The Morgan fingerprint density at radius 2 is 0.733 bits per heavy atom. The maximum Gasteiger partial charge on any atom is 0.0281 e. The van der Waals surface area contributed by atoms with Gasteiger partial charge >= 0.3 is 0 Å². The monoisotopic (exact) mass is 1280 g/mol. The van der Waals surface area contributed by atoms with Gasteiger partial charge in [-0.05, 0) is 165 Å². The van der Waals surface area contributed by atoms with Gasteiger partial charge in [0.15, 0.2) is 0 Å². The van der Waals surface area contributed by atoms with Crippen LogP contribution in [0.25, 0.3) is 0 Å². The third-order valence-corrected chi connectivity index (χ3v) is 19.6. The van der Waals surface area contributed by atoms with Crippen molar-refractivity contribution in [1.29, 1.82) is 0 Å². The molecule has 0 spiro atoms. The molecule has 0 aliphatic carbocycles. The van der Waals surface area contributed by atoms with Gasteiger partial charge in [0, 0.05) is 264 Å². The third-order valence-electron chi connectivity index (χ3n) is 19.6. The topological polar surface area (TPSA) is 275 Å². The number of nitrogens with one attached hydrogen (secondary N) is 8. The second-order valence-electron chi connectivity index (χ2n) is 33.0. The Kier molecular flexibility index (Phi) is 40.8. The van der Waals surface area contributed by atoms with Gasteiger partial charge in [-0.3, -0.25) is 34.3 Å². The van der Waals surface area contributed by atoms with Crippen molar-refractivity contribution >= 4 is 0 Å². The molecular weight excluding hydrogens is 1120 g/mol. The zero-order chi connectivity index (χ0) is 68.8. The summed E-state index contributed by atoms with van der Waals surface area (Å²) in [5.41, 5.74) is 37.4. The van der Waals surface area contributed by atoms with Crippen LogP contribution >= 0.6 is 0 Å². The van der Waals surface area contributed by atoms with E-state index in [4.69, 9.17) is 34.4 Å². The van der Waals surface area contributed by atoms with Crippen LogP contribution in [0.3, 0.4) is 0 Å². The van der Waals surface area contributed by atoms with Crippen molar-refractivity contribution in [2.24, 2.45) is 34.4 Å². The summed E-state index contributed by atoms with van der Waals surface area (Å²) in [5, 5.41) is 27.1. The van der Waals surface area contributed by atoms with Crippen molar-refractivity contribution < 1.29 is 0 Å². The lowest BCUT2D eigenvalue weighted by Crippen LogP contribution is -2.63. The Bertz CT molecular complexity index is 1800. The van der Waals surface area contributed by atoms with Gasteiger partial charge in [-0.15, -0.1) is 0 Å². The lowest BCUT2D eigenvalue weighted by Gasteiger charge is -2.47. The zero-order valence-electron chi connectivity index (χ0n) is 63.7. The van der Waals surface area contributed by atoms with E-state index in [2.05, 4.69) is 229 Å². The average Bonchev–Trinajstić information content (AvgIpc) is 1.70. The fraction of sp³-hybridized carbons (Fsp3) is 1.00. The van der Waals surface area contributed by atoms with E-state index >= 15 is 0 Å². The number of hydrogen-bond acceptors (Lipinski definition) is 21. The molecule has 7 aliphatic heterocycles. The second kappa shape index (κ2) is 42.1. The minimum Gasteiger partial charge on any atom is -0.328 e. The quantitative estimate of drug-likeness (QED) is 0.0884. The van der Waals surface area contributed by atoms with Crippen LogP contribution in [0.5, 0.6) is 0 Å². The molecule has 7 rings (SSSR count). The highest BCUT2D eigenvalue weighted by molar-refractivity contribution is 4.96. The molecule has 20 N–H and O–H groups in total. The molecule has 0 aromatic carbocycles. The molecular formula is C69H159N21. The van der Waals surface area contributed by atoms with E-state index in [1.165, 1.54) is 13.0 Å². The van der Waals surface area contributed by atoms with Crippen molar-refractivity contribution in [2.75, 3.05) is 190 Å². The Hall–Kier alpha value is -0.840. The maximum atomic E-state index is 6.07. The fourth-order valence-electron chi connectivity index (χ4n) is 12.9. The number of nitrogens with zero attached hydrogens (tertiary/aromatic N) is 7. The number of hydrogen-bond donors (Lipinski definition) is 14. The molecule has 0 saturated carbocycles. The molecule has 21 nitrogen and oxygen atoms in total. The summed E-state index contributed by atoms with van der Waals surface area (Å²) in [7, 11) is 2.01. The lowest BCUT2D eigenvalue weighted by atomic mass is 9.96. The standard InChI is InChI=1S/C11H25N3.4C10H23N3.2C9H21N3/c1-4-5-10(12)8-14-7-6-13-9-11(14,2)3;1-9(2,11)8-13-6-5-12-7-10(13,3)4;1-8(11)9(2)13-6-5-12-7-10(13,3)4;1-9(11)4-6-13-7-5-12-8-10(13,2)3;1-4-9(11)7-13-6-5-12-8-10(13,2)3;1-9(2)8-11-5-7-12(9)6-4-10-3;1-8(10)6-12-5-4-11-7-9(12,2)3/h10,13H,4-9,12H2,1-3H3;12H,5-8,11H2,1-4H3;8-9,12H,5-7,11H2,1-4H3;2*9,12H,4-8,11H2,1-3H3;10-11H,4-8H2,1-3H3;8,11H,4-7,10H2,1-3H3. The second-order valence-corrected chi connectivity index (χ2v) is 33.0. The van der Waals surface area contributed by atoms with Gasteiger partial charge < -0.3 is 76.9 Å². The predicted molar refractivity (Wildman–Crippen MR) is 393 cm³/mol. The summed E-state index contributed by atoms with van der Waals surface area (Å²) in [6, 6.07) is 2.00. The van der Waals surface area contributed by atoms with Crippen molar-refractivity contribution in [3.05, 3.63) is 0 Å². The summed E-state index contributed by atoms with van der Waals surface area (Å²) in [5.74, 6) is 0. The molecule has 0 amide bonds. The molecule has 0 aromatic heterocycles. The van der Waals surface area contributed by atoms with Gasteiger partial charge in [-0.2, -0.15) is 0 Å². The number of piperazine rings is 7. The molecule has 540 valence electrons. The minimum atomic E-state index is -0.0887. The molecule has 21 heteroatoms. The van der Waals surface area contributed by atoms with E-state index < -0.39 is 0 Å². The van der Waals surface area contributed by atoms with E-state index in [1.54, 1.807) is 0 Å². The van der Waals surface area contributed by atoms with Crippen LogP contribution in [0, 0.1) is 0 Å². The van der Waals surface area contributed by atoms with Gasteiger partial charge in [0.05, 0.1) is 0 Å². The van der Waals surface area contributed by atoms with Gasteiger partial charge in [-0.1, -0.05) is 20.3 Å². The van der Waals surface area contributed by atoms with E-state index in [-0.39, 0.29) is 45.3 Å². The summed E-state index contributed by atoms with van der Waals surface area (Å²) in [6.45, 7) is 79.5. The molecule has 0 bridgehead atoms. The molecule has 7 aliphatic rings. The maximum absolute atomic E-state index is 6.07. The van der Waals surface area contributed by atoms with Crippen LogP contribution in [0.15, 0.2) is 0 Å². The number of rotatable bonds is 19. The van der Waals surface area contributed by atoms with E-state index in [1.807, 2.05) is 7.05 Å². The van der Waals surface area contributed by atoms with Crippen LogP contribution < -0.4 is 76.9 Å². The van der Waals surface area contributed by atoms with Crippen molar-refractivity contribution in [1.82, 2.24) is 76.8 Å². The first kappa shape index (κ1) is 87.2. The number of likely N-dealkylation sites (N-methyl/N-ethyl adjacent to an activating group) is 1. The summed E-state index contributed by atoms with van der Waals surface area (Å²) >= 11 is 0. The molecule has 6 unspecified atom stereocenters. The highest BCUT2D eigenvalue weighted by Gasteiger charge is 2.37. The fourth-order valence-corrected chi connectivity index (χ4v) is 12.9. The SMILES string of the molecule is CC(C)(N)CN1CCNCC1(C)C.CC(N)C(C)N1CCNCC1(C)C.CC(N)CCN1CCNCC1(C)C.CC(N)CN1CCNCC1(C)C.CCC(N)CN1CCNCC1(C)C.CCCC(N)CN1CCNCC1(C)C.CNCCN1CCNCC1(C)C. The molecule has 0 aromatic rings. The van der Waals surface area contributed by atoms with Crippen LogP contribution in [0.2, 0.25) is 0 Å². The first-order chi connectivity index (χ1) is 41.6. The van der Waals surface area contributed by atoms with Gasteiger partial charge in [0.2, 0.25) is 0 Å². The van der Waals surface area contributed by atoms with Crippen LogP contribution in [-0.2, 0) is 0 Å². The van der Waals surface area contributed by atoms with E-state index in [0.29, 0.717) is 35.2 Å². The van der Waals surface area contributed by atoms with Crippen molar-refractivity contribution in [2.45, 2.75) is 259 Å². The molecule has 6 atom stereocenters. The Morgan fingerprint density at radius 1 is 0.411 bits per heavy atom. The Labute approximate surface area is 557 Å². The Morgan fingerprint density at radius 3 is 1.03 bits per heavy atom. The lowest BCUT2D eigenvalue weighted by molar-refractivity contribution is 0.0438. The van der Waals surface area contributed by atoms with Crippen molar-refractivity contribution in [3.63, 3.8) is 0 Å². The third kappa shape index (κ3) is 34.9. The molecule has 7 fully saturated rings. The zero-order valence-corrected chi connectivity index (χ0v) is 63.7. The summed E-state index contributed by atoms with van der Waals surface area (Å²) < 4.78 is 0. The predicted octanol–water partition coefficient (Wildman–Crippen LogP) is 2.33. The van der Waals surface area contributed by atoms with Gasteiger partial charge in [0.25, 0.3) is 0 Å². The highest BCUT2D eigenvalue weighted by Crippen LogP contribution is 2.23. The summed E-state index contributed by atoms with van der Waals surface area (Å²) in [6.07, 6.45) is 4.50. The minimum absolute atomic E-state index is 0.0887. The normalized spacial score (nSPS) is 25.8. The molecule has 7 saturated heterocycles. The molecule has 7 heterocycles. The average molecular weight is 1280 g/mol.